The lowest BCUT2D eigenvalue weighted by Crippen LogP contribution is -2.63. The largest absolute Gasteiger partial charge is 0.377 e. The molecule has 1 amide bonds. The van der Waals surface area contributed by atoms with Crippen LogP contribution in [0.5, 0.6) is 0 Å². The van der Waals surface area contributed by atoms with Crippen LogP contribution in [0.4, 0.5) is 0 Å². The molecule has 0 aromatic carbocycles. The SMILES string of the molecule is CNC(CN(C)C1CCOC1C)(C(N)=O)C1CC1. The van der Waals surface area contributed by atoms with Gasteiger partial charge in [0.15, 0.2) is 0 Å². The van der Waals surface area contributed by atoms with E-state index in [1.807, 2.05) is 7.05 Å². The van der Waals surface area contributed by atoms with Gasteiger partial charge >= 0.3 is 0 Å². The maximum Gasteiger partial charge on any atom is 0.239 e. The zero-order chi connectivity index (χ0) is 13.3. The molecule has 3 atom stereocenters. The van der Waals surface area contributed by atoms with E-state index in [2.05, 4.69) is 24.2 Å². The van der Waals surface area contributed by atoms with E-state index in [4.69, 9.17) is 10.5 Å². The number of hydrogen-bond donors (Lipinski definition) is 2. The fraction of sp³-hybridized carbons (Fsp3) is 0.923. The first-order valence-corrected chi connectivity index (χ1v) is 6.82. The third-order valence-electron chi connectivity index (χ3n) is 4.56. The Kier molecular flexibility index (Phi) is 3.94. The van der Waals surface area contributed by atoms with Gasteiger partial charge in [-0.2, -0.15) is 0 Å². The topological polar surface area (TPSA) is 67.6 Å². The highest BCUT2D eigenvalue weighted by atomic mass is 16.5. The van der Waals surface area contributed by atoms with Crippen LogP contribution in [0.3, 0.4) is 0 Å². The van der Waals surface area contributed by atoms with Gasteiger partial charge in [0.05, 0.1) is 6.10 Å². The number of nitrogens with zero attached hydrogens (tertiary/aromatic N) is 1. The van der Waals surface area contributed by atoms with Gasteiger partial charge in [-0.3, -0.25) is 9.69 Å². The van der Waals surface area contributed by atoms with Crippen molar-refractivity contribution in [2.45, 2.75) is 43.9 Å². The van der Waals surface area contributed by atoms with Gasteiger partial charge in [-0.15, -0.1) is 0 Å². The molecule has 1 saturated carbocycles. The van der Waals surface area contributed by atoms with E-state index in [1.165, 1.54) is 0 Å². The second kappa shape index (κ2) is 5.15. The predicted molar refractivity (Wildman–Crippen MR) is 70.2 cm³/mol. The average Bonchev–Trinajstić information content (AvgIpc) is 3.08. The Labute approximate surface area is 109 Å². The van der Waals surface area contributed by atoms with Crippen molar-refractivity contribution in [1.82, 2.24) is 10.2 Å². The van der Waals surface area contributed by atoms with Crippen molar-refractivity contribution in [2.75, 3.05) is 27.2 Å². The summed E-state index contributed by atoms with van der Waals surface area (Å²) >= 11 is 0. The fourth-order valence-corrected chi connectivity index (χ4v) is 3.20. The highest BCUT2D eigenvalue weighted by Crippen LogP contribution is 2.40. The molecule has 104 valence electrons. The molecule has 0 bridgehead atoms. The summed E-state index contributed by atoms with van der Waals surface area (Å²) in [6.45, 7) is 3.57. The van der Waals surface area contributed by atoms with E-state index >= 15 is 0 Å². The summed E-state index contributed by atoms with van der Waals surface area (Å²) in [6.07, 6.45) is 3.44. The highest BCUT2D eigenvalue weighted by Gasteiger charge is 2.50. The van der Waals surface area contributed by atoms with Crippen molar-refractivity contribution in [3.8, 4) is 0 Å². The molecule has 1 saturated heterocycles. The van der Waals surface area contributed by atoms with Gasteiger partial charge < -0.3 is 15.8 Å². The lowest BCUT2D eigenvalue weighted by Gasteiger charge is -2.37. The summed E-state index contributed by atoms with van der Waals surface area (Å²) in [5.41, 5.74) is 5.07. The number of carbonyl (C=O) groups is 1. The molecule has 1 aliphatic carbocycles. The second-order valence-electron chi connectivity index (χ2n) is 5.71. The molecule has 0 aromatic heterocycles. The van der Waals surface area contributed by atoms with Gasteiger partial charge in [-0.25, -0.2) is 0 Å². The predicted octanol–water partition coefficient (Wildman–Crippen LogP) is -0.0509. The van der Waals surface area contributed by atoms with Crippen molar-refractivity contribution in [1.29, 1.82) is 0 Å². The molecule has 3 unspecified atom stereocenters. The van der Waals surface area contributed by atoms with Crippen molar-refractivity contribution in [3.05, 3.63) is 0 Å². The average molecular weight is 255 g/mol. The van der Waals surface area contributed by atoms with E-state index < -0.39 is 5.54 Å². The van der Waals surface area contributed by atoms with Crippen molar-refractivity contribution >= 4 is 5.91 Å². The van der Waals surface area contributed by atoms with Crippen molar-refractivity contribution < 1.29 is 9.53 Å². The van der Waals surface area contributed by atoms with E-state index in [-0.39, 0.29) is 12.0 Å². The van der Waals surface area contributed by atoms with Crippen LogP contribution in [0.15, 0.2) is 0 Å². The molecule has 0 aromatic rings. The molecule has 1 heterocycles. The first-order chi connectivity index (χ1) is 8.51. The number of hydrogen-bond acceptors (Lipinski definition) is 4. The summed E-state index contributed by atoms with van der Waals surface area (Å²) in [5.74, 6) is 0.158. The Balaban J connectivity index is 2.06. The van der Waals surface area contributed by atoms with Crippen LogP contribution in [-0.2, 0) is 9.53 Å². The number of rotatable bonds is 6. The Bertz CT molecular complexity index is 319. The highest BCUT2D eigenvalue weighted by molar-refractivity contribution is 5.86. The zero-order valence-corrected chi connectivity index (χ0v) is 11.6. The summed E-state index contributed by atoms with van der Waals surface area (Å²) in [6, 6.07) is 0.385. The van der Waals surface area contributed by atoms with Crippen LogP contribution in [-0.4, -0.2) is 55.7 Å². The lowest BCUT2D eigenvalue weighted by atomic mass is 9.90. The van der Waals surface area contributed by atoms with Crippen LogP contribution < -0.4 is 11.1 Å². The number of nitrogens with one attached hydrogen (secondary N) is 1. The van der Waals surface area contributed by atoms with E-state index in [1.54, 1.807) is 0 Å². The monoisotopic (exact) mass is 255 g/mol. The normalized spacial score (nSPS) is 31.6. The van der Waals surface area contributed by atoms with Crippen LogP contribution in [0.1, 0.15) is 26.2 Å². The smallest absolute Gasteiger partial charge is 0.239 e. The molecule has 2 rings (SSSR count). The number of amides is 1. The van der Waals surface area contributed by atoms with Crippen LogP contribution >= 0.6 is 0 Å². The number of likely N-dealkylation sites (N-methyl/N-ethyl adjacent to an activating group) is 2. The molecule has 3 N–H and O–H groups in total. The van der Waals surface area contributed by atoms with Gasteiger partial charge in [0.1, 0.15) is 5.54 Å². The molecule has 2 aliphatic rings. The molecule has 2 fully saturated rings. The van der Waals surface area contributed by atoms with E-state index in [0.29, 0.717) is 18.5 Å². The molecule has 1 aliphatic heterocycles. The summed E-state index contributed by atoms with van der Waals surface area (Å²) in [5, 5.41) is 3.19. The quantitative estimate of drug-likeness (QED) is 0.698. The molecule has 5 nitrogen and oxygen atoms in total. The molecular formula is C13H25N3O2. The van der Waals surface area contributed by atoms with Crippen LogP contribution in [0, 0.1) is 5.92 Å². The molecular weight excluding hydrogens is 230 g/mol. The third kappa shape index (κ3) is 2.39. The number of carbonyl (C=O) groups excluding carboxylic acids is 1. The number of nitrogens with two attached hydrogens (primary N) is 1. The van der Waals surface area contributed by atoms with Gasteiger partial charge in [0, 0.05) is 19.2 Å². The van der Waals surface area contributed by atoms with Crippen LogP contribution in [0.25, 0.3) is 0 Å². The van der Waals surface area contributed by atoms with Crippen molar-refractivity contribution in [3.63, 3.8) is 0 Å². The Morgan fingerprint density at radius 2 is 2.17 bits per heavy atom. The molecule has 0 spiro atoms. The van der Waals surface area contributed by atoms with E-state index in [0.717, 1.165) is 25.9 Å². The van der Waals surface area contributed by atoms with Crippen molar-refractivity contribution in [2.24, 2.45) is 11.7 Å². The van der Waals surface area contributed by atoms with E-state index in [9.17, 15) is 4.79 Å². The van der Waals surface area contributed by atoms with Crippen LogP contribution in [0.2, 0.25) is 0 Å². The molecule has 18 heavy (non-hydrogen) atoms. The molecule has 0 radical (unpaired) electrons. The Hall–Kier alpha value is -0.650. The van der Waals surface area contributed by atoms with Gasteiger partial charge in [-0.1, -0.05) is 0 Å². The summed E-state index contributed by atoms with van der Waals surface area (Å²) in [4.78, 5) is 14.1. The minimum absolute atomic E-state index is 0.231. The number of ether oxygens (including phenoxy) is 1. The Morgan fingerprint density at radius 3 is 2.56 bits per heavy atom. The first-order valence-electron chi connectivity index (χ1n) is 6.82. The number of primary amides is 1. The third-order valence-corrected chi connectivity index (χ3v) is 4.56. The maximum absolute atomic E-state index is 11.9. The van der Waals surface area contributed by atoms with Gasteiger partial charge in [-0.05, 0) is 46.2 Å². The minimum Gasteiger partial charge on any atom is -0.377 e. The fourth-order valence-electron chi connectivity index (χ4n) is 3.20. The lowest BCUT2D eigenvalue weighted by molar-refractivity contribution is -0.126. The standard InChI is InChI=1S/C13H25N3O2/c1-9-11(6-7-18-9)16(3)8-13(15-2,12(14)17)10-4-5-10/h9-11,15H,4-8H2,1-3H3,(H2,14,17). The van der Waals surface area contributed by atoms with Gasteiger partial charge in [0.25, 0.3) is 0 Å². The summed E-state index contributed by atoms with van der Waals surface area (Å²) < 4.78 is 5.59. The summed E-state index contributed by atoms with van der Waals surface area (Å²) in [7, 11) is 3.90. The minimum atomic E-state index is -0.572. The van der Waals surface area contributed by atoms with Gasteiger partial charge in [0.2, 0.25) is 5.91 Å². The Morgan fingerprint density at radius 1 is 1.50 bits per heavy atom. The molecule has 5 heteroatoms. The first kappa shape index (κ1) is 13.8. The second-order valence-corrected chi connectivity index (χ2v) is 5.71. The zero-order valence-electron chi connectivity index (χ0n) is 11.6. The maximum atomic E-state index is 11.9.